The first-order valence-electron chi connectivity index (χ1n) is 12.8. The van der Waals surface area contributed by atoms with Crippen LogP contribution in [0, 0.1) is 5.82 Å². The van der Waals surface area contributed by atoms with Crippen LogP contribution in [0.25, 0.3) is 11.3 Å². The molecule has 2 heterocycles. The lowest BCUT2D eigenvalue weighted by Crippen LogP contribution is -2.54. The van der Waals surface area contributed by atoms with Crippen molar-refractivity contribution in [3.05, 3.63) is 83.8 Å². The van der Waals surface area contributed by atoms with Crippen LogP contribution in [0.3, 0.4) is 0 Å². The molecule has 8 heteroatoms. The fourth-order valence-electron chi connectivity index (χ4n) is 4.51. The number of pyridine rings is 1. The van der Waals surface area contributed by atoms with E-state index < -0.39 is 5.60 Å². The number of piperazine rings is 1. The minimum Gasteiger partial charge on any atom is -0.444 e. The van der Waals surface area contributed by atoms with Crippen molar-refractivity contribution in [2.75, 3.05) is 31.6 Å². The highest BCUT2D eigenvalue weighted by atomic mass is 19.1. The minimum atomic E-state index is -0.508. The Labute approximate surface area is 223 Å². The van der Waals surface area contributed by atoms with Crippen LogP contribution in [0.2, 0.25) is 0 Å². The molecule has 0 radical (unpaired) electrons. The fraction of sp³-hybridized carbons (Fsp3) is 0.367. The quantitative estimate of drug-likeness (QED) is 0.440. The smallest absolute Gasteiger partial charge is 0.410 e. The molecule has 1 fully saturated rings. The van der Waals surface area contributed by atoms with E-state index in [2.05, 4.69) is 9.88 Å². The Balaban J connectivity index is 1.34. The number of ether oxygens (including phenoxy) is 1. The van der Waals surface area contributed by atoms with Gasteiger partial charge in [0.05, 0.1) is 11.3 Å². The van der Waals surface area contributed by atoms with Gasteiger partial charge in [-0.3, -0.25) is 14.7 Å². The lowest BCUT2D eigenvalue weighted by Gasteiger charge is -2.40. The molecule has 2 amide bonds. The van der Waals surface area contributed by atoms with Gasteiger partial charge < -0.3 is 14.5 Å². The highest BCUT2D eigenvalue weighted by Gasteiger charge is 2.30. The van der Waals surface area contributed by atoms with Gasteiger partial charge in [-0.2, -0.15) is 0 Å². The molecule has 2 aromatic carbocycles. The van der Waals surface area contributed by atoms with Gasteiger partial charge in [0.1, 0.15) is 11.4 Å². The van der Waals surface area contributed by atoms with E-state index in [0.29, 0.717) is 23.4 Å². The molecule has 0 saturated carbocycles. The number of carbonyl (C=O) groups is 2. The van der Waals surface area contributed by atoms with Gasteiger partial charge in [0.25, 0.3) is 5.91 Å². The van der Waals surface area contributed by atoms with Crippen molar-refractivity contribution in [3.8, 4) is 11.3 Å². The van der Waals surface area contributed by atoms with Gasteiger partial charge in [-0.25, -0.2) is 9.18 Å². The zero-order chi connectivity index (χ0) is 27.4. The molecule has 0 N–H and O–H groups in total. The standard InChI is InChI=1S/C30H35FN4O3/c1-21-19-34(16-17-35(21)29(37)38-30(2,3)4)20-22-10-13-24(14-11-22)33(5)28(36)23-12-15-27(32-18-23)25-8-6-7-9-26(25)31/h6-15,18,21H,16-17,19-20H2,1-5H3/t21-/m0/s1. The highest BCUT2D eigenvalue weighted by Crippen LogP contribution is 2.23. The van der Waals surface area contributed by atoms with E-state index in [9.17, 15) is 14.0 Å². The molecule has 3 aromatic rings. The number of hydrogen-bond acceptors (Lipinski definition) is 5. The third kappa shape index (κ3) is 6.55. The maximum atomic E-state index is 14.0. The molecule has 1 aromatic heterocycles. The molecule has 1 aliphatic rings. The third-order valence-electron chi connectivity index (χ3n) is 6.53. The first-order chi connectivity index (χ1) is 18.0. The molecule has 0 aliphatic carbocycles. The Bertz CT molecular complexity index is 1270. The summed E-state index contributed by atoms with van der Waals surface area (Å²) in [4.78, 5) is 35.5. The van der Waals surface area contributed by atoms with Crippen LogP contribution in [0.15, 0.2) is 66.9 Å². The minimum absolute atomic E-state index is 0.0556. The van der Waals surface area contributed by atoms with Gasteiger partial charge in [-0.1, -0.05) is 24.3 Å². The molecular weight excluding hydrogens is 483 g/mol. The zero-order valence-electron chi connectivity index (χ0n) is 22.6. The van der Waals surface area contributed by atoms with Crippen molar-refractivity contribution in [2.45, 2.75) is 45.9 Å². The first-order valence-corrected chi connectivity index (χ1v) is 12.8. The maximum Gasteiger partial charge on any atom is 0.410 e. The van der Waals surface area contributed by atoms with Gasteiger partial charge >= 0.3 is 6.09 Å². The van der Waals surface area contributed by atoms with Crippen LogP contribution in [0.5, 0.6) is 0 Å². The fourth-order valence-corrected chi connectivity index (χ4v) is 4.51. The monoisotopic (exact) mass is 518 g/mol. The number of benzene rings is 2. The van der Waals surface area contributed by atoms with Gasteiger partial charge in [0, 0.05) is 56.7 Å². The predicted molar refractivity (Wildman–Crippen MR) is 146 cm³/mol. The molecule has 200 valence electrons. The van der Waals surface area contributed by atoms with Crippen molar-refractivity contribution in [1.82, 2.24) is 14.8 Å². The molecular formula is C30H35FN4O3. The van der Waals surface area contributed by atoms with Crippen LogP contribution in [-0.4, -0.2) is 65.1 Å². The summed E-state index contributed by atoms with van der Waals surface area (Å²) < 4.78 is 19.6. The van der Waals surface area contributed by atoms with E-state index >= 15 is 0 Å². The van der Waals surface area contributed by atoms with E-state index in [-0.39, 0.29) is 23.9 Å². The van der Waals surface area contributed by atoms with Crippen molar-refractivity contribution in [1.29, 1.82) is 0 Å². The summed E-state index contributed by atoms with van der Waals surface area (Å²) in [6.07, 6.45) is 1.21. The second-order valence-corrected chi connectivity index (χ2v) is 10.7. The Kier molecular flexibility index (Phi) is 8.11. The Morgan fingerprint density at radius 1 is 1.05 bits per heavy atom. The molecule has 0 unspecified atom stereocenters. The molecule has 38 heavy (non-hydrogen) atoms. The third-order valence-corrected chi connectivity index (χ3v) is 6.53. The molecule has 4 rings (SSSR count). The molecule has 1 atom stereocenters. The summed E-state index contributed by atoms with van der Waals surface area (Å²) >= 11 is 0. The van der Waals surface area contributed by atoms with Crippen molar-refractivity contribution < 1.29 is 18.7 Å². The Hall–Kier alpha value is -3.78. The predicted octanol–water partition coefficient (Wildman–Crippen LogP) is 5.61. The summed E-state index contributed by atoms with van der Waals surface area (Å²) in [6, 6.07) is 17.7. The maximum absolute atomic E-state index is 14.0. The SMILES string of the molecule is C[C@H]1CN(Cc2ccc(N(C)C(=O)c3ccc(-c4ccccc4F)nc3)cc2)CCN1C(=O)OC(C)(C)C. The van der Waals surface area contributed by atoms with E-state index in [1.807, 2.05) is 52.0 Å². The van der Waals surface area contributed by atoms with Crippen LogP contribution in [-0.2, 0) is 11.3 Å². The normalized spacial score (nSPS) is 16.3. The molecule has 0 bridgehead atoms. The van der Waals surface area contributed by atoms with Gasteiger partial charge in [-0.15, -0.1) is 0 Å². The molecule has 7 nitrogen and oxygen atoms in total. The van der Waals surface area contributed by atoms with Gasteiger partial charge in [0.2, 0.25) is 0 Å². The average Bonchev–Trinajstić information content (AvgIpc) is 2.88. The number of halogens is 1. The van der Waals surface area contributed by atoms with Crippen LogP contribution >= 0.6 is 0 Å². The Morgan fingerprint density at radius 3 is 2.37 bits per heavy atom. The largest absolute Gasteiger partial charge is 0.444 e. The number of hydrogen-bond donors (Lipinski definition) is 0. The second-order valence-electron chi connectivity index (χ2n) is 10.7. The van der Waals surface area contributed by atoms with Crippen molar-refractivity contribution in [2.24, 2.45) is 0 Å². The summed E-state index contributed by atoms with van der Waals surface area (Å²) in [7, 11) is 1.72. The lowest BCUT2D eigenvalue weighted by molar-refractivity contribution is 0.000551. The second kappa shape index (κ2) is 11.3. The number of nitrogens with zero attached hydrogens (tertiary/aromatic N) is 4. The van der Waals surface area contributed by atoms with Crippen molar-refractivity contribution >= 4 is 17.7 Å². The number of amides is 2. The summed E-state index contributed by atoms with van der Waals surface area (Å²) in [5, 5.41) is 0. The number of rotatable bonds is 5. The van der Waals surface area contributed by atoms with Crippen LogP contribution in [0.4, 0.5) is 14.9 Å². The van der Waals surface area contributed by atoms with E-state index in [0.717, 1.165) is 30.9 Å². The van der Waals surface area contributed by atoms with Gasteiger partial charge in [0.15, 0.2) is 0 Å². The number of aromatic nitrogens is 1. The lowest BCUT2D eigenvalue weighted by atomic mass is 10.1. The van der Waals surface area contributed by atoms with E-state index in [1.165, 1.54) is 12.3 Å². The highest BCUT2D eigenvalue weighted by molar-refractivity contribution is 6.05. The topological polar surface area (TPSA) is 66.0 Å². The van der Waals surface area contributed by atoms with Crippen LogP contribution < -0.4 is 4.90 Å². The average molecular weight is 519 g/mol. The molecule has 1 aliphatic heterocycles. The van der Waals surface area contributed by atoms with Crippen LogP contribution in [0.1, 0.15) is 43.6 Å². The molecule has 1 saturated heterocycles. The number of anilines is 1. The number of carbonyl (C=O) groups excluding carboxylic acids is 2. The van der Waals surface area contributed by atoms with Crippen molar-refractivity contribution in [3.63, 3.8) is 0 Å². The first kappa shape index (κ1) is 27.3. The summed E-state index contributed by atoms with van der Waals surface area (Å²) in [6.45, 7) is 10.6. The van der Waals surface area contributed by atoms with E-state index in [4.69, 9.17) is 4.74 Å². The summed E-state index contributed by atoms with van der Waals surface area (Å²) in [5.74, 6) is -0.548. The zero-order valence-corrected chi connectivity index (χ0v) is 22.6. The van der Waals surface area contributed by atoms with E-state index in [1.54, 1.807) is 47.2 Å². The van der Waals surface area contributed by atoms with Gasteiger partial charge in [-0.05, 0) is 69.7 Å². The Morgan fingerprint density at radius 2 is 1.76 bits per heavy atom. The summed E-state index contributed by atoms with van der Waals surface area (Å²) in [5.41, 5.74) is 2.69. The molecule has 0 spiro atoms.